The van der Waals surface area contributed by atoms with Crippen LogP contribution in [-0.2, 0) is 0 Å². The van der Waals surface area contributed by atoms with Crippen molar-refractivity contribution in [3.63, 3.8) is 0 Å². The van der Waals surface area contributed by atoms with Gasteiger partial charge in [0.15, 0.2) is 0 Å². The maximum Gasteiger partial charge on any atom is 0.319 e. The molecule has 0 heterocycles. The van der Waals surface area contributed by atoms with Crippen molar-refractivity contribution in [2.24, 2.45) is 11.7 Å². The second kappa shape index (κ2) is 7.24. The molecule has 0 radical (unpaired) electrons. The van der Waals surface area contributed by atoms with Crippen LogP contribution in [0, 0.1) is 5.92 Å². The highest BCUT2D eigenvalue weighted by Crippen LogP contribution is 2.13. The number of hydrogen-bond donors (Lipinski definition) is 3. The van der Waals surface area contributed by atoms with Gasteiger partial charge < -0.3 is 16.4 Å². The molecule has 2 amide bonds. The van der Waals surface area contributed by atoms with Gasteiger partial charge in [-0.25, -0.2) is 4.79 Å². The van der Waals surface area contributed by atoms with Gasteiger partial charge in [0.25, 0.3) is 0 Å². The molecule has 0 fully saturated rings. The molecule has 0 aliphatic rings. The zero-order chi connectivity index (χ0) is 13.5. The number of benzene rings is 1. The fourth-order valence-corrected chi connectivity index (χ4v) is 1.79. The Balaban J connectivity index is 2.47. The standard InChI is InChI=1S/C13H20ClN3O/c1-9(2)7-12(8-15)17-13(18)16-11-5-3-10(14)4-6-11/h3-6,9,12H,7-8,15H2,1-2H3,(H2,16,17,18). The number of rotatable bonds is 5. The molecule has 0 aliphatic carbocycles. The third-order valence-corrected chi connectivity index (χ3v) is 2.73. The zero-order valence-corrected chi connectivity index (χ0v) is 11.5. The summed E-state index contributed by atoms with van der Waals surface area (Å²) < 4.78 is 0. The SMILES string of the molecule is CC(C)CC(CN)NC(=O)Nc1ccc(Cl)cc1. The van der Waals surface area contributed by atoms with Gasteiger partial charge in [-0.15, -0.1) is 0 Å². The molecule has 0 aromatic heterocycles. The van der Waals surface area contributed by atoms with Crippen LogP contribution in [0.4, 0.5) is 10.5 Å². The Morgan fingerprint density at radius 3 is 2.44 bits per heavy atom. The number of halogens is 1. The van der Waals surface area contributed by atoms with E-state index in [9.17, 15) is 4.79 Å². The Kier molecular flexibility index (Phi) is 5.95. The summed E-state index contributed by atoms with van der Waals surface area (Å²) in [6.07, 6.45) is 0.866. The summed E-state index contributed by atoms with van der Waals surface area (Å²) in [7, 11) is 0. The lowest BCUT2D eigenvalue weighted by Crippen LogP contribution is -2.43. The number of anilines is 1. The highest BCUT2D eigenvalue weighted by Gasteiger charge is 2.12. The largest absolute Gasteiger partial charge is 0.334 e. The molecule has 1 aromatic carbocycles. The first-order valence-electron chi connectivity index (χ1n) is 6.04. The van der Waals surface area contributed by atoms with Gasteiger partial charge in [0.2, 0.25) is 0 Å². The van der Waals surface area contributed by atoms with Crippen LogP contribution in [0.1, 0.15) is 20.3 Å². The van der Waals surface area contributed by atoms with Crippen LogP contribution >= 0.6 is 11.6 Å². The lowest BCUT2D eigenvalue weighted by molar-refractivity contribution is 0.247. The average molecular weight is 270 g/mol. The molecule has 0 spiro atoms. The van der Waals surface area contributed by atoms with Crippen molar-refractivity contribution in [2.45, 2.75) is 26.3 Å². The third-order valence-electron chi connectivity index (χ3n) is 2.48. The molecule has 0 saturated carbocycles. The van der Waals surface area contributed by atoms with E-state index in [4.69, 9.17) is 17.3 Å². The van der Waals surface area contributed by atoms with Gasteiger partial charge in [0, 0.05) is 23.3 Å². The van der Waals surface area contributed by atoms with Crippen LogP contribution in [0.2, 0.25) is 5.02 Å². The minimum atomic E-state index is -0.242. The Morgan fingerprint density at radius 1 is 1.33 bits per heavy atom. The predicted octanol–water partition coefficient (Wildman–Crippen LogP) is 2.83. The van der Waals surface area contributed by atoms with Gasteiger partial charge in [-0.05, 0) is 36.6 Å². The summed E-state index contributed by atoms with van der Waals surface area (Å²) in [6, 6.07) is 6.71. The van der Waals surface area contributed by atoms with Crippen molar-refractivity contribution in [1.29, 1.82) is 0 Å². The van der Waals surface area contributed by atoms with Crippen LogP contribution in [-0.4, -0.2) is 18.6 Å². The van der Waals surface area contributed by atoms with Gasteiger partial charge in [0.1, 0.15) is 0 Å². The van der Waals surface area contributed by atoms with E-state index in [1.807, 2.05) is 0 Å². The average Bonchev–Trinajstić information content (AvgIpc) is 2.30. The fraction of sp³-hybridized carbons (Fsp3) is 0.462. The lowest BCUT2D eigenvalue weighted by atomic mass is 10.0. The van der Waals surface area contributed by atoms with Gasteiger partial charge in [-0.2, -0.15) is 0 Å². The van der Waals surface area contributed by atoms with Crippen LogP contribution in [0.25, 0.3) is 0 Å². The van der Waals surface area contributed by atoms with Crippen molar-refractivity contribution in [3.8, 4) is 0 Å². The molecule has 0 bridgehead atoms. The number of nitrogens with one attached hydrogen (secondary N) is 2. The highest BCUT2D eigenvalue weighted by atomic mass is 35.5. The van der Waals surface area contributed by atoms with E-state index in [-0.39, 0.29) is 12.1 Å². The summed E-state index contributed by atoms with van der Waals surface area (Å²) in [6.45, 7) is 4.63. The number of hydrogen-bond acceptors (Lipinski definition) is 2. The minimum Gasteiger partial charge on any atom is -0.334 e. The minimum absolute atomic E-state index is 0.00250. The van der Waals surface area contributed by atoms with Crippen LogP contribution in [0.3, 0.4) is 0 Å². The molecule has 1 aromatic rings. The van der Waals surface area contributed by atoms with Crippen LogP contribution in [0.15, 0.2) is 24.3 Å². The maximum atomic E-state index is 11.7. The normalized spacial score (nSPS) is 12.3. The number of urea groups is 1. The Labute approximate surface area is 113 Å². The Hall–Kier alpha value is -1.26. The number of carbonyl (C=O) groups is 1. The summed E-state index contributed by atoms with van der Waals surface area (Å²) >= 11 is 5.77. The van der Waals surface area contributed by atoms with E-state index in [2.05, 4.69) is 24.5 Å². The van der Waals surface area contributed by atoms with Crippen molar-refractivity contribution < 1.29 is 4.79 Å². The van der Waals surface area contributed by atoms with E-state index < -0.39 is 0 Å². The van der Waals surface area contributed by atoms with Crippen LogP contribution in [0.5, 0.6) is 0 Å². The Bertz CT molecular complexity index is 378. The van der Waals surface area contributed by atoms with E-state index >= 15 is 0 Å². The molecule has 0 aliphatic heterocycles. The van der Waals surface area contributed by atoms with E-state index in [0.717, 1.165) is 6.42 Å². The molecule has 0 saturated heterocycles. The summed E-state index contributed by atoms with van der Waals surface area (Å²) in [5, 5.41) is 6.24. The van der Waals surface area contributed by atoms with Crippen molar-refractivity contribution in [3.05, 3.63) is 29.3 Å². The van der Waals surface area contributed by atoms with E-state index in [0.29, 0.717) is 23.2 Å². The number of carbonyl (C=O) groups excluding carboxylic acids is 1. The first kappa shape index (κ1) is 14.8. The van der Waals surface area contributed by atoms with Crippen molar-refractivity contribution >= 4 is 23.3 Å². The second-order valence-electron chi connectivity index (χ2n) is 4.67. The number of nitrogens with two attached hydrogens (primary N) is 1. The molecule has 1 unspecified atom stereocenters. The molecule has 1 atom stereocenters. The maximum absolute atomic E-state index is 11.7. The summed E-state index contributed by atoms with van der Waals surface area (Å²) in [5.74, 6) is 0.495. The molecule has 1 rings (SSSR count). The molecule has 4 N–H and O–H groups in total. The monoisotopic (exact) mass is 269 g/mol. The molecular formula is C13H20ClN3O. The molecule has 5 heteroatoms. The lowest BCUT2D eigenvalue weighted by Gasteiger charge is -2.19. The molecule has 18 heavy (non-hydrogen) atoms. The van der Waals surface area contributed by atoms with E-state index in [1.165, 1.54) is 0 Å². The van der Waals surface area contributed by atoms with Gasteiger partial charge in [-0.3, -0.25) is 0 Å². The van der Waals surface area contributed by atoms with Gasteiger partial charge in [-0.1, -0.05) is 25.4 Å². The van der Waals surface area contributed by atoms with E-state index in [1.54, 1.807) is 24.3 Å². The van der Waals surface area contributed by atoms with Gasteiger partial charge >= 0.3 is 6.03 Å². The smallest absolute Gasteiger partial charge is 0.319 e. The Morgan fingerprint density at radius 2 is 1.94 bits per heavy atom. The van der Waals surface area contributed by atoms with Gasteiger partial charge in [0.05, 0.1) is 0 Å². The molecule has 100 valence electrons. The highest BCUT2D eigenvalue weighted by molar-refractivity contribution is 6.30. The van der Waals surface area contributed by atoms with Crippen molar-refractivity contribution in [1.82, 2.24) is 5.32 Å². The van der Waals surface area contributed by atoms with Crippen LogP contribution < -0.4 is 16.4 Å². The summed E-state index contributed by atoms with van der Waals surface area (Å²) in [4.78, 5) is 11.7. The first-order chi connectivity index (χ1) is 8.51. The quantitative estimate of drug-likeness (QED) is 0.769. The first-order valence-corrected chi connectivity index (χ1v) is 6.42. The molecular weight excluding hydrogens is 250 g/mol. The third kappa shape index (κ3) is 5.38. The predicted molar refractivity (Wildman–Crippen MR) is 75.9 cm³/mol. The van der Waals surface area contributed by atoms with Crippen molar-refractivity contribution in [2.75, 3.05) is 11.9 Å². The summed E-state index contributed by atoms with van der Waals surface area (Å²) in [5.41, 5.74) is 6.33. The molecule has 4 nitrogen and oxygen atoms in total. The number of amides is 2. The topological polar surface area (TPSA) is 67.1 Å². The second-order valence-corrected chi connectivity index (χ2v) is 5.10. The zero-order valence-electron chi connectivity index (χ0n) is 10.7. The fourth-order valence-electron chi connectivity index (χ4n) is 1.67.